The van der Waals surface area contributed by atoms with Gasteiger partial charge >= 0.3 is 0 Å². The summed E-state index contributed by atoms with van der Waals surface area (Å²) in [6.07, 6.45) is 0. The van der Waals surface area contributed by atoms with Crippen molar-refractivity contribution in [3.05, 3.63) is 24.0 Å². The largest absolute Gasteiger partial charge is 0.396 e. The van der Waals surface area contributed by atoms with Crippen molar-refractivity contribution < 1.29 is 12.8 Å². The van der Waals surface area contributed by atoms with Gasteiger partial charge in [-0.2, -0.15) is 0 Å². The van der Waals surface area contributed by atoms with Crippen LogP contribution < -0.4 is 5.73 Å². The number of nitrogen functional groups attached to an aromatic ring is 1. The predicted octanol–water partition coefficient (Wildman–Crippen LogP) is 2.07. The maximum atomic E-state index is 13.0. The zero-order chi connectivity index (χ0) is 14.1. The number of hydrogen-bond acceptors (Lipinski definition) is 3. The molecule has 6 heteroatoms. The fourth-order valence-electron chi connectivity index (χ4n) is 1.62. The second kappa shape index (κ2) is 4.85. The number of nitrogens with two attached hydrogens (primary N) is 1. The number of sulfonamides is 1. The van der Waals surface area contributed by atoms with Gasteiger partial charge in [0, 0.05) is 13.6 Å². The lowest BCUT2D eigenvalue weighted by molar-refractivity contribution is 0.311. The number of rotatable bonds is 3. The topological polar surface area (TPSA) is 63.4 Å². The highest BCUT2D eigenvalue weighted by molar-refractivity contribution is 7.89. The van der Waals surface area contributed by atoms with E-state index in [2.05, 4.69) is 0 Å². The van der Waals surface area contributed by atoms with Crippen LogP contribution >= 0.6 is 0 Å². The molecule has 0 aliphatic heterocycles. The van der Waals surface area contributed by atoms with Gasteiger partial charge in [0.15, 0.2) is 0 Å². The van der Waals surface area contributed by atoms with Crippen molar-refractivity contribution in [2.75, 3.05) is 19.3 Å². The van der Waals surface area contributed by atoms with E-state index in [0.29, 0.717) is 6.54 Å². The molecule has 1 aromatic carbocycles. The van der Waals surface area contributed by atoms with Crippen LogP contribution in [0.1, 0.15) is 20.8 Å². The number of halogens is 1. The molecule has 0 spiro atoms. The Morgan fingerprint density at radius 3 is 2.33 bits per heavy atom. The fourth-order valence-corrected chi connectivity index (χ4v) is 3.05. The lowest BCUT2D eigenvalue weighted by Gasteiger charge is -2.26. The van der Waals surface area contributed by atoms with Crippen molar-refractivity contribution in [2.45, 2.75) is 25.7 Å². The van der Waals surface area contributed by atoms with Crippen molar-refractivity contribution >= 4 is 15.7 Å². The van der Waals surface area contributed by atoms with Gasteiger partial charge in [-0.05, 0) is 23.6 Å². The Kier molecular flexibility index (Phi) is 4.02. The molecule has 1 aromatic rings. The summed E-state index contributed by atoms with van der Waals surface area (Å²) in [7, 11) is -2.12. The second-order valence-corrected chi connectivity index (χ2v) is 7.55. The van der Waals surface area contributed by atoms with Crippen molar-refractivity contribution in [2.24, 2.45) is 5.41 Å². The summed E-state index contributed by atoms with van der Waals surface area (Å²) in [6, 6.07) is 3.43. The standard InChI is InChI=1S/C12H19FN2O2S/c1-12(2,3)8-15(4)18(16,17)9-5-6-10(13)11(14)7-9/h5-7H,8,14H2,1-4H3. The summed E-state index contributed by atoms with van der Waals surface area (Å²) < 4.78 is 38.7. The molecule has 0 atom stereocenters. The van der Waals surface area contributed by atoms with E-state index in [1.807, 2.05) is 20.8 Å². The lowest BCUT2D eigenvalue weighted by atomic mass is 9.97. The molecule has 0 aliphatic carbocycles. The van der Waals surface area contributed by atoms with Crippen LogP contribution in [0.25, 0.3) is 0 Å². The highest BCUT2D eigenvalue weighted by atomic mass is 32.2. The highest BCUT2D eigenvalue weighted by Gasteiger charge is 2.25. The molecule has 0 fully saturated rings. The predicted molar refractivity (Wildman–Crippen MR) is 70.1 cm³/mol. The van der Waals surface area contributed by atoms with Crippen molar-refractivity contribution in [3.63, 3.8) is 0 Å². The van der Waals surface area contributed by atoms with Gasteiger partial charge in [0.1, 0.15) is 5.82 Å². The Bertz CT molecular complexity index is 535. The first-order valence-corrected chi connectivity index (χ1v) is 6.99. The van der Waals surface area contributed by atoms with E-state index in [4.69, 9.17) is 5.73 Å². The molecule has 0 bridgehead atoms. The van der Waals surface area contributed by atoms with Crippen LogP contribution in [0.4, 0.5) is 10.1 Å². The number of anilines is 1. The lowest BCUT2D eigenvalue weighted by Crippen LogP contribution is -2.34. The van der Waals surface area contributed by atoms with E-state index in [1.54, 1.807) is 0 Å². The Morgan fingerprint density at radius 1 is 1.33 bits per heavy atom. The first kappa shape index (κ1) is 14.9. The van der Waals surface area contributed by atoms with Gasteiger partial charge in [0.2, 0.25) is 10.0 Å². The molecule has 1 rings (SSSR count). The van der Waals surface area contributed by atoms with Gasteiger partial charge in [-0.25, -0.2) is 17.1 Å². The van der Waals surface area contributed by atoms with E-state index in [1.165, 1.54) is 17.4 Å². The van der Waals surface area contributed by atoms with Gasteiger partial charge < -0.3 is 5.73 Å². The zero-order valence-electron chi connectivity index (χ0n) is 11.1. The maximum absolute atomic E-state index is 13.0. The fraction of sp³-hybridized carbons (Fsp3) is 0.500. The van der Waals surface area contributed by atoms with E-state index in [9.17, 15) is 12.8 Å². The minimum atomic E-state index is -3.62. The van der Waals surface area contributed by atoms with Crippen molar-refractivity contribution in [3.8, 4) is 0 Å². The average molecular weight is 274 g/mol. The molecule has 18 heavy (non-hydrogen) atoms. The van der Waals surface area contributed by atoms with Crippen molar-refractivity contribution in [1.82, 2.24) is 4.31 Å². The van der Waals surface area contributed by atoms with Crippen LogP contribution in [0, 0.1) is 11.2 Å². The summed E-state index contributed by atoms with van der Waals surface area (Å²) >= 11 is 0. The molecule has 0 saturated heterocycles. The molecule has 102 valence electrons. The van der Waals surface area contributed by atoms with Crippen LogP contribution in [0.3, 0.4) is 0 Å². The molecule has 0 radical (unpaired) electrons. The molecule has 0 aliphatic rings. The van der Waals surface area contributed by atoms with Crippen LogP contribution in [0.5, 0.6) is 0 Å². The highest BCUT2D eigenvalue weighted by Crippen LogP contribution is 2.23. The minimum Gasteiger partial charge on any atom is -0.396 e. The molecule has 0 heterocycles. The quantitative estimate of drug-likeness (QED) is 0.858. The third-order valence-electron chi connectivity index (χ3n) is 2.37. The molecule has 2 N–H and O–H groups in total. The first-order valence-electron chi connectivity index (χ1n) is 5.55. The monoisotopic (exact) mass is 274 g/mol. The van der Waals surface area contributed by atoms with Crippen LogP contribution in [-0.4, -0.2) is 26.3 Å². The van der Waals surface area contributed by atoms with Crippen molar-refractivity contribution in [1.29, 1.82) is 0 Å². The van der Waals surface area contributed by atoms with Crippen LogP contribution in [0.15, 0.2) is 23.1 Å². The summed E-state index contributed by atoms with van der Waals surface area (Å²) in [5.41, 5.74) is 5.06. The van der Waals surface area contributed by atoms with Gasteiger partial charge in [-0.3, -0.25) is 0 Å². The minimum absolute atomic E-state index is 0.00755. The molecule has 0 unspecified atom stereocenters. The van der Waals surface area contributed by atoms with E-state index in [-0.39, 0.29) is 16.0 Å². The molecular weight excluding hydrogens is 255 g/mol. The van der Waals surface area contributed by atoms with Gasteiger partial charge in [-0.1, -0.05) is 20.8 Å². The van der Waals surface area contributed by atoms with Crippen LogP contribution in [0.2, 0.25) is 0 Å². The normalized spacial score (nSPS) is 13.0. The molecule has 0 aromatic heterocycles. The summed E-state index contributed by atoms with van der Waals surface area (Å²) in [4.78, 5) is 0.00755. The maximum Gasteiger partial charge on any atom is 0.242 e. The van der Waals surface area contributed by atoms with Gasteiger partial charge in [0.25, 0.3) is 0 Å². The molecule has 0 amide bonds. The number of nitrogens with zero attached hydrogens (tertiary/aromatic N) is 1. The Morgan fingerprint density at radius 2 is 1.89 bits per heavy atom. The summed E-state index contributed by atoms with van der Waals surface area (Å²) in [5, 5.41) is 0. The van der Waals surface area contributed by atoms with E-state index >= 15 is 0 Å². The molecule has 4 nitrogen and oxygen atoms in total. The Hall–Kier alpha value is -1.14. The van der Waals surface area contributed by atoms with Crippen LogP contribution in [-0.2, 0) is 10.0 Å². The van der Waals surface area contributed by atoms with Gasteiger partial charge in [-0.15, -0.1) is 0 Å². The van der Waals surface area contributed by atoms with E-state index < -0.39 is 15.8 Å². The Labute approximate surface area is 108 Å². The Balaban J connectivity index is 3.10. The molecular formula is C12H19FN2O2S. The molecule has 0 saturated carbocycles. The smallest absolute Gasteiger partial charge is 0.242 e. The third-order valence-corrected chi connectivity index (χ3v) is 4.17. The number of benzene rings is 1. The SMILES string of the molecule is CN(CC(C)(C)C)S(=O)(=O)c1ccc(F)c(N)c1. The van der Waals surface area contributed by atoms with Gasteiger partial charge in [0.05, 0.1) is 10.6 Å². The second-order valence-electron chi connectivity index (χ2n) is 5.51. The summed E-state index contributed by atoms with van der Waals surface area (Å²) in [5.74, 6) is -0.618. The summed E-state index contributed by atoms with van der Waals surface area (Å²) in [6.45, 7) is 6.20. The van der Waals surface area contributed by atoms with E-state index in [0.717, 1.165) is 12.1 Å². The zero-order valence-corrected chi connectivity index (χ0v) is 11.9. The average Bonchev–Trinajstić information content (AvgIpc) is 2.19. The third kappa shape index (κ3) is 3.43. The first-order chi connectivity index (χ1) is 8.04. The number of hydrogen-bond donors (Lipinski definition) is 1.